The first-order valence-electron chi connectivity index (χ1n) is 4.87. The summed E-state index contributed by atoms with van der Waals surface area (Å²) in [6, 6.07) is 1.56. The van der Waals surface area contributed by atoms with Gasteiger partial charge < -0.3 is 10.6 Å². The minimum absolute atomic E-state index is 0.246. The van der Waals surface area contributed by atoms with Crippen LogP contribution in [0.1, 0.15) is 12.5 Å². The van der Waals surface area contributed by atoms with Crippen LogP contribution < -0.4 is 10.6 Å². The molecule has 0 spiro atoms. The van der Waals surface area contributed by atoms with E-state index in [4.69, 9.17) is 5.73 Å². The van der Waals surface area contributed by atoms with Gasteiger partial charge in [-0.05, 0) is 25.5 Å². The van der Waals surface area contributed by atoms with Crippen LogP contribution in [0.5, 0.6) is 0 Å². The van der Waals surface area contributed by atoms with E-state index in [2.05, 4.69) is 4.98 Å². The molecule has 6 heteroatoms. The summed E-state index contributed by atoms with van der Waals surface area (Å²) < 4.78 is 36.8. The lowest BCUT2D eigenvalue weighted by molar-refractivity contribution is -0.119. The zero-order chi connectivity index (χ0) is 12.3. The molecule has 0 aliphatic carbocycles. The van der Waals surface area contributed by atoms with Gasteiger partial charge in [0.2, 0.25) is 0 Å². The van der Waals surface area contributed by atoms with Gasteiger partial charge in [0.15, 0.2) is 0 Å². The Morgan fingerprint density at radius 2 is 2.06 bits per heavy atom. The molecule has 0 radical (unpaired) electrons. The molecular formula is C10H14F3N3. The standard InChI is InChI=1S/C10H14F3N3/c1-3-16(6-10(11,12)13)9-4-7(2)8(14)5-15-9/h4-5H,3,6,14H2,1-2H3. The SMILES string of the molecule is CCN(CC(F)(F)F)c1cc(C)c(N)cn1. The Labute approximate surface area is 92.1 Å². The van der Waals surface area contributed by atoms with Crippen molar-refractivity contribution in [3.63, 3.8) is 0 Å². The summed E-state index contributed by atoms with van der Waals surface area (Å²) >= 11 is 0. The average molecular weight is 233 g/mol. The Kier molecular flexibility index (Phi) is 3.62. The molecule has 0 amide bonds. The van der Waals surface area contributed by atoms with Crippen molar-refractivity contribution >= 4 is 11.5 Å². The van der Waals surface area contributed by atoms with Crippen molar-refractivity contribution in [3.8, 4) is 0 Å². The number of nitrogens with two attached hydrogens (primary N) is 1. The van der Waals surface area contributed by atoms with E-state index in [9.17, 15) is 13.2 Å². The molecule has 2 N–H and O–H groups in total. The van der Waals surface area contributed by atoms with Gasteiger partial charge in [-0.1, -0.05) is 0 Å². The summed E-state index contributed by atoms with van der Waals surface area (Å²) in [4.78, 5) is 5.05. The highest BCUT2D eigenvalue weighted by atomic mass is 19.4. The monoisotopic (exact) mass is 233 g/mol. The summed E-state index contributed by atoms with van der Waals surface area (Å²) in [6.07, 6.45) is -2.85. The summed E-state index contributed by atoms with van der Waals surface area (Å²) in [6.45, 7) is 2.64. The number of pyridine rings is 1. The number of aryl methyl sites for hydroxylation is 1. The third kappa shape index (κ3) is 3.29. The molecule has 0 aliphatic heterocycles. The zero-order valence-corrected chi connectivity index (χ0v) is 9.17. The maximum Gasteiger partial charge on any atom is 0.405 e. The normalized spacial score (nSPS) is 11.6. The summed E-state index contributed by atoms with van der Waals surface area (Å²) in [5, 5.41) is 0. The van der Waals surface area contributed by atoms with E-state index in [0.29, 0.717) is 11.5 Å². The summed E-state index contributed by atoms with van der Waals surface area (Å²) in [5.41, 5.74) is 6.76. The topological polar surface area (TPSA) is 42.1 Å². The van der Waals surface area contributed by atoms with E-state index in [1.165, 1.54) is 6.20 Å². The molecule has 1 aromatic rings. The van der Waals surface area contributed by atoms with E-state index in [-0.39, 0.29) is 6.54 Å². The molecule has 0 fully saturated rings. The summed E-state index contributed by atoms with van der Waals surface area (Å²) in [5.74, 6) is 0.298. The van der Waals surface area contributed by atoms with Gasteiger partial charge in [-0.2, -0.15) is 13.2 Å². The van der Waals surface area contributed by atoms with Crippen LogP contribution in [0.3, 0.4) is 0 Å². The molecule has 0 aromatic carbocycles. The molecule has 0 bridgehead atoms. The van der Waals surface area contributed by atoms with Crippen LogP contribution in [0.15, 0.2) is 12.3 Å². The number of nitrogens with zero attached hydrogens (tertiary/aromatic N) is 2. The molecule has 3 nitrogen and oxygen atoms in total. The van der Waals surface area contributed by atoms with Crippen molar-refractivity contribution < 1.29 is 13.2 Å². The zero-order valence-electron chi connectivity index (χ0n) is 9.17. The number of hydrogen-bond acceptors (Lipinski definition) is 3. The van der Waals surface area contributed by atoms with Gasteiger partial charge >= 0.3 is 6.18 Å². The molecule has 0 unspecified atom stereocenters. The lowest BCUT2D eigenvalue weighted by Gasteiger charge is -2.23. The molecule has 0 saturated heterocycles. The van der Waals surface area contributed by atoms with E-state index in [1.807, 2.05) is 0 Å². The maximum absolute atomic E-state index is 12.3. The number of hydrogen-bond donors (Lipinski definition) is 1. The Hall–Kier alpha value is -1.46. The smallest absolute Gasteiger partial charge is 0.397 e. The average Bonchev–Trinajstić information content (AvgIpc) is 2.17. The molecule has 1 heterocycles. The van der Waals surface area contributed by atoms with Crippen LogP contribution in [0, 0.1) is 6.92 Å². The van der Waals surface area contributed by atoms with E-state index >= 15 is 0 Å². The quantitative estimate of drug-likeness (QED) is 0.871. The van der Waals surface area contributed by atoms with Crippen molar-refractivity contribution in [2.24, 2.45) is 0 Å². The molecule has 90 valence electrons. The highest BCUT2D eigenvalue weighted by Crippen LogP contribution is 2.22. The van der Waals surface area contributed by atoms with Crippen LogP contribution in [0.2, 0.25) is 0 Å². The molecule has 1 aromatic heterocycles. The molecular weight excluding hydrogens is 219 g/mol. The molecule has 1 rings (SSSR count). The number of halogens is 3. The number of rotatable bonds is 3. The lowest BCUT2D eigenvalue weighted by atomic mass is 10.2. The van der Waals surface area contributed by atoms with Gasteiger partial charge in [-0.25, -0.2) is 4.98 Å². The van der Waals surface area contributed by atoms with Crippen molar-refractivity contribution in [2.75, 3.05) is 23.7 Å². The minimum Gasteiger partial charge on any atom is -0.397 e. The van der Waals surface area contributed by atoms with Gasteiger partial charge in [-0.15, -0.1) is 0 Å². The number of nitrogen functional groups attached to an aromatic ring is 1. The van der Waals surface area contributed by atoms with E-state index in [0.717, 1.165) is 10.5 Å². The fraction of sp³-hybridized carbons (Fsp3) is 0.500. The predicted molar refractivity (Wildman–Crippen MR) is 57.3 cm³/mol. The third-order valence-corrected chi connectivity index (χ3v) is 2.21. The molecule has 16 heavy (non-hydrogen) atoms. The summed E-state index contributed by atoms with van der Waals surface area (Å²) in [7, 11) is 0. The molecule has 0 atom stereocenters. The maximum atomic E-state index is 12.3. The Morgan fingerprint density at radius 1 is 1.44 bits per heavy atom. The highest BCUT2D eigenvalue weighted by Gasteiger charge is 2.30. The predicted octanol–water partition coefficient (Wildman–Crippen LogP) is 2.36. The second-order valence-corrected chi connectivity index (χ2v) is 3.53. The van der Waals surface area contributed by atoms with Gasteiger partial charge in [0.05, 0.1) is 11.9 Å². The highest BCUT2D eigenvalue weighted by molar-refractivity contribution is 5.52. The van der Waals surface area contributed by atoms with Crippen LogP contribution in [-0.4, -0.2) is 24.2 Å². The minimum atomic E-state index is -4.23. The second-order valence-electron chi connectivity index (χ2n) is 3.53. The van der Waals surface area contributed by atoms with Crippen LogP contribution in [-0.2, 0) is 0 Å². The second kappa shape index (κ2) is 4.59. The number of anilines is 2. The fourth-order valence-electron chi connectivity index (χ4n) is 1.30. The van der Waals surface area contributed by atoms with Crippen molar-refractivity contribution in [2.45, 2.75) is 20.0 Å². The first-order chi connectivity index (χ1) is 7.33. The Balaban J connectivity index is 2.91. The van der Waals surface area contributed by atoms with E-state index < -0.39 is 12.7 Å². The Bertz CT molecular complexity index is 363. The van der Waals surface area contributed by atoms with Crippen LogP contribution in [0.25, 0.3) is 0 Å². The van der Waals surface area contributed by atoms with Crippen LogP contribution >= 0.6 is 0 Å². The molecule has 0 aliphatic rings. The van der Waals surface area contributed by atoms with Gasteiger partial charge in [-0.3, -0.25) is 0 Å². The Morgan fingerprint density at radius 3 is 2.50 bits per heavy atom. The third-order valence-electron chi connectivity index (χ3n) is 2.21. The van der Waals surface area contributed by atoms with Gasteiger partial charge in [0.25, 0.3) is 0 Å². The number of aromatic nitrogens is 1. The fourth-order valence-corrected chi connectivity index (χ4v) is 1.30. The largest absolute Gasteiger partial charge is 0.405 e. The van der Waals surface area contributed by atoms with Gasteiger partial charge in [0.1, 0.15) is 12.4 Å². The van der Waals surface area contributed by atoms with E-state index in [1.54, 1.807) is 19.9 Å². The van der Waals surface area contributed by atoms with Gasteiger partial charge in [0, 0.05) is 6.54 Å². The molecule has 0 saturated carbocycles. The lowest BCUT2D eigenvalue weighted by Crippen LogP contribution is -2.34. The van der Waals surface area contributed by atoms with Crippen molar-refractivity contribution in [3.05, 3.63) is 17.8 Å². The van der Waals surface area contributed by atoms with Crippen molar-refractivity contribution in [1.29, 1.82) is 0 Å². The van der Waals surface area contributed by atoms with Crippen molar-refractivity contribution in [1.82, 2.24) is 4.98 Å². The number of alkyl halides is 3. The first kappa shape index (κ1) is 12.6. The van der Waals surface area contributed by atoms with Crippen LogP contribution in [0.4, 0.5) is 24.7 Å². The first-order valence-corrected chi connectivity index (χ1v) is 4.87.